The Bertz CT molecular complexity index is 962. The Morgan fingerprint density at radius 3 is 1.77 bits per heavy atom. The number of fused-ring (bicyclic) bond motifs is 2. The molecule has 2 aromatic carbocycles. The topological polar surface area (TPSA) is 134 Å². The van der Waals surface area contributed by atoms with Crippen molar-refractivity contribution in [3.63, 3.8) is 0 Å². The minimum absolute atomic E-state index is 0.100. The summed E-state index contributed by atoms with van der Waals surface area (Å²) < 4.78 is 0. The predicted molar refractivity (Wildman–Crippen MR) is 78.0 cm³/mol. The lowest BCUT2D eigenvalue weighted by molar-refractivity contribution is 0.0979. The smallest absolute Gasteiger partial charge is 0.196 e. The molecule has 0 saturated carbocycles. The molecule has 6 heteroatoms. The second-order valence-corrected chi connectivity index (χ2v) is 4.75. The van der Waals surface area contributed by atoms with E-state index in [0.717, 1.165) is 0 Å². The van der Waals surface area contributed by atoms with E-state index in [-0.39, 0.29) is 44.8 Å². The second-order valence-electron chi connectivity index (χ2n) is 4.75. The predicted octanol–water partition coefficient (Wildman–Crippen LogP) is 1.37. The molecule has 0 spiro atoms. The highest BCUT2D eigenvalue weighted by atomic mass is 16.1. The molecule has 0 atom stereocenters. The van der Waals surface area contributed by atoms with Crippen LogP contribution in [0.4, 0.5) is 11.4 Å². The Kier molecular flexibility index (Phi) is 2.69. The van der Waals surface area contributed by atoms with Crippen molar-refractivity contribution >= 4 is 22.9 Å². The van der Waals surface area contributed by atoms with Crippen LogP contribution < -0.4 is 11.5 Å². The number of nitrogen functional groups attached to an aromatic ring is 2. The summed E-state index contributed by atoms with van der Waals surface area (Å²) >= 11 is 0. The largest absolute Gasteiger partial charge is 0.396 e. The van der Waals surface area contributed by atoms with Gasteiger partial charge >= 0.3 is 0 Å². The van der Waals surface area contributed by atoms with E-state index in [1.54, 1.807) is 24.3 Å². The molecule has 0 heterocycles. The molecular formula is C16H8N4O2. The molecule has 0 fully saturated rings. The zero-order valence-electron chi connectivity index (χ0n) is 11.2. The van der Waals surface area contributed by atoms with Crippen molar-refractivity contribution in [3.05, 3.63) is 57.6 Å². The maximum Gasteiger partial charge on any atom is 0.196 e. The number of rotatable bonds is 0. The number of anilines is 2. The van der Waals surface area contributed by atoms with Crippen molar-refractivity contribution in [2.75, 3.05) is 11.5 Å². The van der Waals surface area contributed by atoms with Gasteiger partial charge in [-0.25, -0.2) is 0 Å². The lowest BCUT2D eigenvalue weighted by atomic mass is 9.79. The Hall–Kier alpha value is -3.64. The zero-order chi connectivity index (χ0) is 16.0. The zero-order valence-corrected chi connectivity index (χ0v) is 11.2. The van der Waals surface area contributed by atoms with Gasteiger partial charge < -0.3 is 11.5 Å². The van der Waals surface area contributed by atoms with Crippen LogP contribution in [0.25, 0.3) is 0 Å². The third kappa shape index (κ3) is 1.46. The number of hydrogen-bond donors (Lipinski definition) is 2. The van der Waals surface area contributed by atoms with E-state index in [1.807, 2.05) is 0 Å². The molecule has 6 nitrogen and oxygen atoms in total. The number of ketones is 2. The molecule has 0 radical (unpaired) electrons. The third-order valence-corrected chi connectivity index (χ3v) is 3.67. The van der Waals surface area contributed by atoms with Gasteiger partial charge in [0.25, 0.3) is 0 Å². The van der Waals surface area contributed by atoms with Crippen molar-refractivity contribution in [2.24, 2.45) is 0 Å². The molecule has 22 heavy (non-hydrogen) atoms. The van der Waals surface area contributed by atoms with E-state index < -0.39 is 11.6 Å². The number of nitrogens with zero attached hydrogens (tertiary/aromatic N) is 2. The molecule has 0 aromatic heterocycles. The molecule has 0 saturated heterocycles. The second kappa shape index (κ2) is 4.44. The van der Waals surface area contributed by atoms with Crippen LogP contribution in [-0.2, 0) is 0 Å². The molecule has 3 rings (SSSR count). The Morgan fingerprint density at radius 2 is 1.27 bits per heavy atom. The van der Waals surface area contributed by atoms with Gasteiger partial charge in [0.2, 0.25) is 0 Å². The molecule has 1 aliphatic rings. The maximum atomic E-state index is 12.7. The van der Waals surface area contributed by atoms with E-state index in [4.69, 9.17) is 11.5 Å². The van der Waals surface area contributed by atoms with E-state index >= 15 is 0 Å². The molecular weight excluding hydrogens is 280 g/mol. The molecule has 2 aromatic rings. The molecule has 0 bridgehead atoms. The van der Waals surface area contributed by atoms with Crippen LogP contribution >= 0.6 is 0 Å². The van der Waals surface area contributed by atoms with Crippen LogP contribution in [0.3, 0.4) is 0 Å². The van der Waals surface area contributed by atoms with Gasteiger partial charge in [-0.2, -0.15) is 10.5 Å². The van der Waals surface area contributed by atoms with Gasteiger partial charge in [-0.05, 0) is 0 Å². The average Bonchev–Trinajstić information content (AvgIpc) is 2.54. The number of nitriles is 2. The first-order valence-corrected chi connectivity index (χ1v) is 6.26. The Labute approximate surface area is 125 Å². The summed E-state index contributed by atoms with van der Waals surface area (Å²) in [5.74, 6) is -0.986. The quantitative estimate of drug-likeness (QED) is 0.600. The van der Waals surface area contributed by atoms with Crippen LogP contribution in [0.2, 0.25) is 0 Å². The van der Waals surface area contributed by atoms with Crippen molar-refractivity contribution in [1.29, 1.82) is 10.5 Å². The van der Waals surface area contributed by atoms with Gasteiger partial charge in [-0.15, -0.1) is 0 Å². The van der Waals surface area contributed by atoms with Crippen molar-refractivity contribution in [2.45, 2.75) is 0 Å². The summed E-state index contributed by atoms with van der Waals surface area (Å²) in [6, 6.07) is 9.82. The van der Waals surface area contributed by atoms with Crippen LogP contribution in [0.15, 0.2) is 24.3 Å². The van der Waals surface area contributed by atoms with Crippen molar-refractivity contribution in [1.82, 2.24) is 0 Å². The fourth-order valence-electron chi connectivity index (χ4n) is 2.63. The minimum atomic E-state index is -0.509. The van der Waals surface area contributed by atoms with Crippen molar-refractivity contribution in [3.8, 4) is 12.1 Å². The molecule has 104 valence electrons. The van der Waals surface area contributed by atoms with E-state index in [2.05, 4.69) is 0 Å². The third-order valence-electron chi connectivity index (χ3n) is 3.67. The van der Waals surface area contributed by atoms with Gasteiger partial charge in [0.05, 0.1) is 33.6 Å². The molecule has 4 N–H and O–H groups in total. The minimum Gasteiger partial charge on any atom is -0.396 e. The lowest BCUT2D eigenvalue weighted by Crippen LogP contribution is -2.25. The normalized spacial score (nSPS) is 12.1. The van der Waals surface area contributed by atoms with Gasteiger partial charge in [-0.3, -0.25) is 9.59 Å². The summed E-state index contributed by atoms with van der Waals surface area (Å²) in [6.07, 6.45) is 0. The first-order chi connectivity index (χ1) is 10.5. The summed E-state index contributed by atoms with van der Waals surface area (Å²) in [5.41, 5.74) is 11.1. The monoisotopic (exact) mass is 288 g/mol. The summed E-state index contributed by atoms with van der Waals surface area (Å²) in [4.78, 5) is 25.3. The average molecular weight is 288 g/mol. The van der Waals surface area contributed by atoms with E-state index in [1.165, 1.54) is 12.1 Å². The molecule has 1 aliphatic carbocycles. The van der Waals surface area contributed by atoms with Crippen LogP contribution in [0.1, 0.15) is 43.0 Å². The van der Waals surface area contributed by atoms with E-state index in [0.29, 0.717) is 0 Å². The van der Waals surface area contributed by atoms with Gasteiger partial charge in [0, 0.05) is 11.1 Å². The van der Waals surface area contributed by atoms with Crippen LogP contribution in [-0.4, -0.2) is 11.6 Å². The fraction of sp³-hybridized carbons (Fsp3) is 0. The highest BCUT2D eigenvalue weighted by molar-refractivity contribution is 6.31. The van der Waals surface area contributed by atoms with Gasteiger partial charge in [0.15, 0.2) is 11.6 Å². The molecule has 0 unspecified atom stereocenters. The molecule has 0 aliphatic heterocycles. The molecule has 0 amide bonds. The maximum absolute atomic E-state index is 12.7. The Morgan fingerprint density at radius 1 is 0.773 bits per heavy atom. The summed E-state index contributed by atoms with van der Waals surface area (Å²) in [6.45, 7) is 0. The highest BCUT2D eigenvalue weighted by Crippen LogP contribution is 2.38. The van der Waals surface area contributed by atoms with Crippen LogP contribution in [0, 0.1) is 22.7 Å². The first kappa shape index (κ1) is 13.3. The number of benzene rings is 2. The number of hydrogen-bond acceptors (Lipinski definition) is 6. The fourth-order valence-corrected chi connectivity index (χ4v) is 2.63. The number of carbonyl (C=O) groups excluding carboxylic acids is 2. The number of nitrogens with two attached hydrogens (primary N) is 2. The lowest BCUT2D eigenvalue weighted by Gasteiger charge is -2.21. The SMILES string of the molecule is N#Cc1c(N)c(N)c2c(c1C#N)C(=O)c1ccccc1C2=O. The summed E-state index contributed by atoms with van der Waals surface area (Å²) in [5, 5.41) is 18.5. The standard InChI is InChI=1S/C16H8N4O2/c17-5-9-10(6-18)13(19)14(20)12-11(9)15(21)7-3-1-2-4-8(7)16(12)22/h1-4H,19-20H2. The van der Waals surface area contributed by atoms with Gasteiger partial charge in [-0.1, -0.05) is 24.3 Å². The highest BCUT2D eigenvalue weighted by Gasteiger charge is 2.36. The van der Waals surface area contributed by atoms with Gasteiger partial charge in [0.1, 0.15) is 12.1 Å². The Balaban J connectivity index is 2.52. The first-order valence-electron chi connectivity index (χ1n) is 6.26. The van der Waals surface area contributed by atoms with E-state index in [9.17, 15) is 20.1 Å². The summed E-state index contributed by atoms with van der Waals surface area (Å²) in [7, 11) is 0. The van der Waals surface area contributed by atoms with Crippen molar-refractivity contribution < 1.29 is 9.59 Å². The number of carbonyl (C=O) groups is 2. The van der Waals surface area contributed by atoms with Crippen LogP contribution in [0.5, 0.6) is 0 Å².